The topological polar surface area (TPSA) is 12.4 Å². The van der Waals surface area contributed by atoms with Gasteiger partial charge in [-0.05, 0) is 48.0 Å². The fourth-order valence-corrected chi connectivity index (χ4v) is 1.25. The van der Waals surface area contributed by atoms with Crippen molar-refractivity contribution >= 4 is 27.3 Å². The summed E-state index contributed by atoms with van der Waals surface area (Å²) in [7, 11) is 0. The highest BCUT2D eigenvalue weighted by Gasteiger charge is 1.98. The molecule has 1 rings (SSSR count). The van der Waals surface area contributed by atoms with Gasteiger partial charge < -0.3 is 0 Å². The Kier molecular flexibility index (Phi) is 2.98. The van der Waals surface area contributed by atoms with Crippen molar-refractivity contribution in [3.63, 3.8) is 0 Å². The Morgan fingerprint density at radius 2 is 2.08 bits per heavy atom. The average Bonchev–Trinajstić information content (AvgIpc) is 1.94. The molecule has 0 aliphatic rings. The van der Waals surface area contributed by atoms with E-state index in [2.05, 4.69) is 20.9 Å². The van der Waals surface area contributed by atoms with Crippen LogP contribution in [0.25, 0.3) is 0 Å². The molecule has 0 spiro atoms. The van der Waals surface area contributed by atoms with E-state index in [1.54, 1.807) is 6.07 Å². The first-order valence-corrected chi connectivity index (χ1v) is 4.36. The van der Waals surface area contributed by atoms with Crippen LogP contribution in [0.5, 0.6) is 0 Å². The van der Waals surface area contributed by atoms with Crippen molar-refractivity contribution in [3.8, 4) is 0 Å². The second-order valence-electron chi connectivity index (χ2n) is 2.65. The van der Waals surface area contributed by atoms with Crippen LogP contribution >= 0.6 is 15.9 Å². The lowest BCUT2D eigenvalue weighted by molar-refractivity contribution is 0.627. The van der Waals surface area contributed by atoms with E-state index >= 15 is 0 Å². The number of hydrogen-bond donors (Lipinski definition) is 0. The molecule has 0 aliphatic carbocycles. The Bertz CT molecular complexity index is 316. The summed E-state index contributed by atoms with van der Waals surface area (Å²) in [5.41, 5.74) is 1.71. The van der Waals surface area contributed by atoms with Gasteiger partial charge in [-0.1, -0.05) is 0 Å². The van der Waals surface area contributed by atoms with E-state index in [0.29, 0.717) is 4.47 Å². The summed E-state index contributed by atoms with van der Waals surface area (Å²) in [6.45, 7) is 3.80. The summed E-state index contributed by atoms with van der Waals surface area (Å²) in [4.78, 5) is 4.20. The first-order chi connectivity index (χ1) is 5.59. The summed E-state index contributed by atoms with van der Waals surface area (Å²) in [6.07, 6.45) is 0. The van der Waals surface area contributed by atoms with Crippen LogP contribution < -0.4 is 0 Å². The molecule has 1 aromatic carbocycles. The molecule has 0 heterocycles. The van der Waals surface area contributed by atoms with Crippen LogP contribution in [0.3, 0.4) is 0 Å². The minimum absolute atomic E-state index is 0.255. The third-order valence-corrected chi connectivity index (χ3v) is 1.89. The maximum atomic E-state index is 12.6. The van der Waals surface area contributed by atoms with Gasteiger partial charge in [-0.25, -0.2) is 4.39 Å². The zero-order valence-corrected chi connectivity index (χ0v) is 8.52. The highest BCUT2D eigenvalue weighted by atomic mass is 79.9. The van der Waals surface area contributed by atoms with Crippen molar-refractivity contribution in [2.75, 3.05) is 0 Å². The molecule has 1 nitrogen and oxygen atoms in total. The molecule has 0 radical (unpaired) electrons. The molecule has 0 amide bonds. The van der Waals surface area contributed by atoms with Gasteiger partial charge in [0, 0.05) is 10.2 Å². The predicted octanol–water partition coefficient (Wildman–Crippen LogP) is 3.70. The van der Waals surface area contributed by atoms with E-state index in [1.165, 1.54) is 12.1 Å². The van der Waals surface area contributed by atoms with Crippen molar-refractivity contribution in [2.24, 2.45) is 4.99 Å². The zero-order chi connectivity index (χ0) is 9.14. The summed E-state index contributed by atoms with van der Waals surface area (Å²) in [5, 5.41) is 0. The van der Waals surface area contributed by atoms with Gasteiger partial charge in [0.1, 0.15) is 5.82 Å². The van der Waals surface area contributed by atoms with E-state index in [1.807, 2.05) is 13.8 Å². The summed E-state index contributed by atoms with van der Waals surface area (Å²) < 4.78 is 13.3. The van der Waals surface area contributed by atoms with Gasteiger partial charge >= 0.3 is 0 Å². The predicted molar refractivity (Wildman–Crippen MR) is 52.5 cm³/mol. The third-order valence-electron chi connectivity index (χ3n) is 1.25. The molecule has 12 heavy (non-hydrogen) atoms. The van der Waals surface area contributed by atoms with Gasteiger partial charge in [-0.2, -0.15) is 0 Å². The van der Waals surface area contributed by atoms with Gasteiger partial charge in [0.05, 0.1) is 5.69 Å². The number of rotatable bonds is 1. The molecule has 0 fully saturated rings. The van der Waals surface area contributed by atoms with Crippen molar-refractivity contribution in [1.29, 1.82) is 0 Å². The van der Waals surface area contributed by atoms with E-state index in [9.17, 15) is 4.39 Å². The molecule has 1 aromatic rings. The van der Waals surface area contributed by atoms with Crippen LogP contribution in [0.15, 0.2) is 27.7 Å². The van der Waals surface area contributed by atoms with Crippen molar-refractivity contribution in [2.45, 2.75) is 13.8 Å². The molecule has 0 saturated carbocycles. The van der Waals surface area contributed by atoms with Crippen LogP contribution in [0, 0.1) is 5.82 Å². The van der Waals surface area contributed by atoms with Gasteiger partial charge in [-0.3, -0.25) is 4.99 Å². The first-order valence-electron chi connectivity index (χ1n) is 3.56. The highest BCUT2D eigenvalue weighted by molar-refractivity contribution is 9.10. The van der Waals surface area contributed by atoms with E-state index < -0.39 is 0 Å². The van der Waals surface area contributed by atoms with E-state index in [0.717, 1.165) is 11.4 Å². The maximum absolute atomic E-state index is 12.6. The molecule has 0 bridgehead atoms. The molecule has 0 N–H and O–H groups in total. The molecule has 3 heteroatoms. The molecule has 0 unspecified atom stereocenters. The molecule has 64 valence electrons. The van der Waals surface area contributed by atoms with Crippen LogP contribution in [0.2, 0.25) is 0 Å². The summed E-state index contributed by atoms with van der Waals surface area (Å²) in [6, 6.07) is 4.45. The molecule has 0 aromatic heterocycles. The Hall–Kier alpha value is -0.700. The number of nitrogens with zero attached hydrogens (tertiary/aromatic N) is 1. The number of aliphatic imine (C=N–C) groups is 1. The van der Waals surface area contributed by atoms with Crippen molar-refractivity contribution in [1.82, 2.24) is 0 Å². The van der Waals surface area contributed by atoms with Gasteiger partial charge in [0.2, 0.25) is 0 Å². The minimum atomic E-state index is -0.255. The maximum Gasteiger partial charge on any atom is 0.124 e. The monoisotopic (exact) mass is 229 g/mol. The first kappa shape index (κ1) is 9.39. The Balaban J connectivity index is 3.10. The van der Waals surface area contributed by atoms with Crippen molar-refractivity contribution in [3.05, 3.63) is 28.5 Å². The van der Waals surface area contributed by atoms with Gasteiger partial charge in [0.15, 0.2) is 0 Å². The van der Waals surface area contributed by atoms with E-state index in [-0.39, 0.29) is 5.82 Å². The van der Waals surface area contributed by atoms with Crippen LogP contribution in [-0.4, -0.2) is 5.71 Å². The largest absolute Gasteiger partial charge is 0.257 e. The fourth-order valence-electron chi connectivity index (χ4n) is 0.813. The second kappa shape index (κ2) is 3.81. The molecule has 0 atom stereocenters. The molecular weight excluding hydrogens is 221 g/mol. The Morgan fingerprint density at radius 3 is 2.58 bits per heavy atom. The molecular formula is C9H9BrFN. The van der Waals surface area contributed by atoms with Crippen LogP contribution in [0.4, 0.5) is 10.1 Å². The average molecular weight is 230 g/mol. The van der Waals surface area contributed by atoms with Crippen LogP contribution in [0.1, 0.15) is 13.8 Å². The number of benzene rings is 1. The van der Waals surface area contributed by atoms with Gasteiger partial charge in [0.25, 0.3) is 0 Å². The third kappa shape index (κ3) is 2.41. The normalized spacial score (nSPS) is 9.67. The lowest BCUT2D eigenvalue weighted by Crippen LogP contribution is -1.80. The minimum Gasteiger partial charge on any atom is -0.257 e. The lowest BCUT2D eigenvalue weighted by atomic mass is 10.3. The zero-order valence-electron chi connectivity index (χ0n) is 6.94. The van der Waals surface area contributed by atoms with E-state index in [4.69, 9.17) is 0 Å². The molecule has 0 aliphatic heterocycles. The lowest BCUT2D eigenvalue weighted by Gasteiger charge is -1.98. The fraction of sp³-hybridized carbons (Fsp3) is 0.222. The van der Waals surface area contributed by atoms with Crippen molar-refractivity contribution < 1.29 is 4.39 Å². The number of halogens is 2. The van der Waals surface area contributed by atoms with Gasteiger partial charge in [-0.15, -0.1) is 0 Å². The summed E-state index contributed by atoms with van der Waals surface area (Å²) in [5.74, 6) is -0.255. The highest BCUT2D eigenvalue weighted by Crippen LogP contribution is 2.25. The molecule has 0 saturated heterocycles. The smallest absolute Gasteiger partial charge is 0.124 e. The second-order valence-corrected chi connectivity index (χ2v) is 3.51. The SMILES string of the molecule is CC(C)=Nc1ccc(F)cc1Br. The van der Waals surface area contributed by atoms with Crippen LogP contribution in [-0.2, 0) is 0 Å². The quantitative estimate of drug-likeness (QED) is 0.652. The standard InChI is InChI=1S/C9H9BrFN/c1-6(2)12-9-4-3-7(11)5-8(9)10/h3-5H,1-2H3. The Morgan fingerprint density at radius 1 is 1.42 bits per heavy atom. The number of hydrogen-bond acceptors (Lipinski definition) is 1. The summed E-state index contributed by atoms with van der Waals surface area (Å²) >= 11 is 3.23. The Labute approximate surface area is 79.5 Å².